The number of halogens is 1. The summed E-state index contributed by atoms with van der Waals surface area (Å²) in [5.41, 5.74) is 0.910. The predicted octanol–water partition coefficient (Wildman–Crippen LogP) is 2.91. The molecule has 0 spiro atoms. The zero-order valence-corrected chi connectivity index (χ0v) is 14.3. The molecule has 6 heteroatoms. The van der Waals surface area contributed by atoms with E-state index in [4.69, 9.17) is 11.6 Å². The van der Waals surface area contributed by atoms with Gasteiger partial charge in [0.25, 0.3) is 0 Å². The molecule has 1 aromatic rings. The van der Waals surface area contributed by atoms with Crippen LogP contribution >= 0.6 is 11.6 Å². The topological polar surface area (TPSA) is 58.2 Å². The molecule has 1 aromatic carbocycles. The Kier molecular flexibility index (Phi) is 5.30. The van der Waals surface area contributed by atoms with Crippen LogP contribution in [0.3, 0.4) is 0 Å². The second-order valence-electron chi connectivity index (χ2n) is 6.05. The van der Waals surface area contributed by atoms with Crippen LogP contribution in [-0.4, -0.2) is 20.5 Å². The minimum Gasteiger partial charge on any atom is -0.310 e. The van der Waals surface area contributed by atoms with Crippen LogP contribution in [-0.2, 0) is 16.6 Å². The van der Waals surface area contributed by atoms with Crippen molar-refractivity contribution in [1.29, 1.82) is 0 Å². The summed E-state index contributed by atoms with van der Waals surface area (Å²) in [4.78, 5) is 0.166. The van der Waals surface area contributed by atoms with E-state index >= 15 is 0 Å². The van der Waals surface area contributed by atoms with Crippen LogP contribution in [0.25, 0.3) is 0 Å². The predicted molar refractivity (Wildman–Crippen MR) is 85.9 cm³/mol. The Bertz CT molecular complexity index is 598. The lowest BCUT2D eigenvalue weighted by Gasteiger charge is -2.15. The number of nitrogens with one attached hydrogen (secondary N) is 2. The standard InChI is InChI=1S/C15H23ClN2O2S/c1-10(2)17-9-12-4-7-14(16)15(8-12)21(19,20)18-11(3)13-5-6-13/h4,7-8,10-11,13,17-18H,5-6,9H2,1-3H3. The average molecular weight is 331 g/mol. The summed E-state index contributed by atoms with van der Waals surface area (Å²) in [7, 11) is -3.57. The van der Waals surface area contributed by atoms with Crippen molar-refractivity contribution >= 4 is 21.6 Å². The SMILES string of the molecule is CC(C)NCc1ccc(Cl)c(S(=O)(=O)NC(C)C2CC2)c1. The maximum Gasteiger partial charge on any atom is 0.242 e. The van der Waals surface area contributed by atoms with Crippen molar-refractivity contribution in [3.05, 3.63) is 28.8 Å². The molecule has 118 valence electrons. The van der Waals surface area contributed by atoms with E-state index in [0.717, 1.165) is 18.4 Å². The lowest BCUT2D eigenvalue weighted by Crippen LogP contribution is -2.34. The Hall–Kier alpha value is -0.620. The van der Waals surface area contributed by atoms with Gasteiger partial charge in [-0.15, -0.1) is 0 Å². The molecule has 0 amide bonds. The van der Waals surface area contributed by atoms with E-state index in [1.54, 1.807) is 12.1 Å². The van der Waals surface area contributed by atoms with Crippen LogP contribution in [0.4, 0.5) is 0 Å². The first-order valence-electron chi connectivity index (χ1n) is 7.33. The van der Waals surface area contributed by atoms with E-state index < -0.39 is 10.0 Å². The average Bonchev–Trinajstić information content (AvgIpc) is 3.21. The Labute approximate surface area is 132 Å². The quantitative estimate of drug-likeness (QED) is 0.808. The van der Waals surface area contributed by atoms with Crippen LogP contribution in [0.5, 0.6) is 0 Å². The highest BCUT2D eigenvalue weighted by Gasteiger charge is 2.31. The van der Waals surface area contributed by atoms with Gasteiger partial charge < -0.3 is 5.32 Å². The molecular formula is C15H23ClN2O2S. The van der Waals surface area contributed by atoms with Crippen molar-refractivity contribution in [2.45, 2.75) is 57.1 Å². The van der Waals surface area contributed by atoms with Crippen molar-refractivity contribution in [3.63, 3.8) is 0 Å². The minimum absolute atomic E-state index is 0.0384. The third-order valence-electron chi connectivity index (χ3n) is 3.67. The molecule has 2 rings (SSSR count). The van der Waals surface area contributed by atoms with Gasteiger partial charge in [-0.3, -0.25) is 0 Å². The highest BCUT2D eigenvalue weighted by molar-refractivity contribution is 7.89. The van der Waals surface area contributed by atoms with Gasteiger partial charge in [0.15, 0.2) is 0 Å². The highest BCUT2D eigenvalue weighted by Crippen LogP contribution is 2.33. The Morgan fingerprint density at radius 3 is 2.52 bits per heavy atom. The summed E-state index contributed by atoms with van der Waals surface area (Å²) < 4.78 is 27.7. The van der Waals surface area contributed by atoms with Gasteiger partial charge in [-0.2, -0.15) is 0 Å². The van der Waals surface area contributed by atoms with E-state index in [-0.39, 0.29) is 16.0 Å². The van der Waals surface area contributed by atoms with Crippen molar-refractivity contribution in [2.24, 2.45) is 5.92 Å². The molecule has 1 aliphatic rings. The van der Waals surface area contributed by atoms with Gasteiger partial charge in [-0.1, -0.05) is 31.5 Å². The lowest BCUT2D eigenvalue weighted by molar-refractivity contribution is 0.538. The van der Waals surface area contributed by atoms with Crippen molar-refractivity contribution in [3.8, 4) is 0 Å². The van der Waals surface area contributed by atoms with E-state index in [9.17, 15) is 8.42 Å². The molecule has 1 atom stereocenters. The van der Waals surface area contributed by atoms with E-state index in [2.05, 4.69) is 10.0 Å². The lowest BCUT2D eigenvalue weighted by atomic mass is 10.2. The van der Waals surface area contributed by atoms with Crippen LogP contribution in [0.1, 0.15) is 39.2 Å². The molecule has 1 aliphatic carbocycles. The third-order valence-corrected chi connectivity index (χ3v) is 5.71. The highest BCUT2D eigenvalue weighted by atomic mass is 35.5. The van der Waals surface area contributed by atoms with Gasteiger partial charge in [-0.05, 0) is 43.4 Å². The third kappa shape index (κ3) is 4.68. The first-order valence-corrected chi connectivity index (χ1v) is 9.20. The zero-order valence-electron chi connectivity index (χ0n) is 12.7. The number of rotatable bonds is 7. The van der Waals surface area contributed by atoms with Crippen LogP contribution in [0, 0.1) is 5.92 Å². The summed E-state index contributed by atoms with van der Waals surface area (Å²) in [5, 5.41) is 3.53. The number of sulfonamides is 1. The van der Waals surface area contributed by atoms with Gasteiger partial charge in [0.05, 0.1) is 5.02 Å². The zero-order chi connectivity index (χ0) is 15.6. The van der Waals surface area contributed by atoms with Crippen molar-refractivity contribution < 1.29 is 8.42 Å². The first kappa shape index (κ1) is 16.7. The van der Waals surface area contributed by atoms with E-state index in [1.807, 2.05) is 26.8 Å². The van der Waals surface area contributed by atoms with Gasteiger partial charge in [0.2, 0.25) is 10.0 Å². The normalized spacial score (nSPS) is 17.2. The fraction of sp³-hybridized carbons (Fsp3) is 0.600. The molecule has 1 unspecified atom stereocenters. The molecule has 1 saturated carbocycles. The molecule has 0 heterocycles. The maximum absolute atomic E-state index is 12.5. The second kappa shape index (κ2) is 6.65. The Balaban J connectivity index is 2.18. The van der Waals surface area contributed by atoms with Gasteiger partial charge in [-0.25, -0.2) is 13.1 Å². The minimum atomic E-state index is -3.57. The van der Waals surface area contributed by atoms with Crippen LogP contribution in [0.15, 0.2) is 23.1 Å². The number of hydrogen-bond acceptors (Lipinski definition) is 3. The first-order chi connectivity index (χ1) is 9.79. The summed E-state index contributed by atoms with van der Waals surface area (Å²) in [6.07, 6.45) is 2.19. The molecule has 2 N–H and O–H groups in total. The molecule has 0 aliphatic heterocycles. The Morgan fingerprint density at radius 1 is 1.29 bits per heavy atom. The van der Waals surface area contributed by atoms with Gasteiger partial charge >= 0.3 is 0 Å². The van der Waals surface area contributed by atoms with E-state index in [1.165, 1.54) is 0 Å². The Morgan fingerprint density at radius 2 is 1.95 bits per heavy atom. The fourth-order valence-electron chi connectivity index (χ4n) is 2.19. The fourth-order valence-corrected chi connectivity index (χ4v) is 4.05. The molecule has 0 saturated heterocycles. The molecule has 0 aromatic heterocycles. The molecule has 0 radical (unpaired) electrons. The summed E-state index contributed by atoms with van der Waals surface area (Å²) in [5.74, 6) is 0.462. The smallest absolute Gasteiger partial charge is 0.242 e. The molecule has 21 heavy (non-hydrogen) atoms. The van der Waals surface area contributed by atoms with Crippen molar-refractivity contribution in [2.75, 3.05) is 0 Å². The van der Waals surface area contributed by atoms with Gasteiger partial charge in [0, 0.05) is 18.6 Å². The molecule has 1 fully saturated rings. The number of benzene rings is 1. The molecular weight excluding hydrogens is 308 g/mol. The monoisotopic (exact) mass is 330 g/mol. The van der Waals surface area contributed by atoms with Gasteiger partial charge in [0.1, 0.15) is 4.90 Å². The summed E-state index contributed by atoms with van der Waals surface area (Å²) in [6, 6.07) is 5.45. The van der Waals surface area contributed by atoms with Crippen molar-refractivity contribution in [1.82, 2.24) is 10.0 Å². The van der Waals surface area contributed by atoms with Crippen LogP contribution in [0.2, 0.25) is 5.02 Å². The van der Waals surface area contributed by atoms with E-state index in [0.29, 0.717) is 18.5 Å². The maximum atomic E-state index is 12.5. The number of hydrogen-bond donors (Lipinski definition) is 2. The molecule has 0 bridgehead atoms. The van der Waals surface area contributed by atoms with Crippen LogP contribution < -0.4 is 10.0 Å². The summed E-state index contributed by atoms with van der Waals surface area (Å²) in [6.45, 7) is 6.63. The second-order valence-corrected chi connectivity index (χ2v) is 8.14. The largest absolute Gasteiger partial charge is 0.310 e. The molecule has 4 nitrogen and oxygen atoms in total. The summed E-state index contributed by atoms with van der Waals surface area (Å²) >= 11 is 6.08.